The van der Waals surface area contributed by atoms with E-state index in [1.54, 1.807) is 6.92 Å². The summed E-state index contributed by atoms with van der Waals surface area (Å²) >= 11 is 3.43. The highest BCUT2D eigenvalue weighted by Gasteiger charge is 2.18. The van der Waals surface area contributed by atoms with Crippen molar-refractivity contribution in [3.05, 3.63) is 39.0 Å². The van der Waals surface area contributed by atoms with Crippen molar-refractivity contribution in [1.29, 1.82) is 0 Å². The molecule has 0 saturated heterocycles. The second-order valence-corrected chi connectivity index (χ2v) is 5.33. The Labute approximate surface area is 119 Å². The highest BCUT2D eigenvalue weighted by atomic mass is 79.9. The van der Waals surface area contributed by atoms with Crippen LogP contribution in [0.4, 0.5) is 11.5 Å². The zero-order chi connectivity index (χ0) is 14.2. The molecule has 0 aliphatic rings. The van der Waals surface area contributed by atoms with Crippen molar-refractivity contribution in [1.82, 2.24) is 10.2 Å². The first-order chi connectivity index (χ1) is 8.90. The minimum absolute atomic E-state index is 0.168. The Balaban J connectivity index is 2.45. The van der Waals surface area contributed by atoms with Gasteiger partial charge in [0, 0.05) is 15.9 Å². The van der Waals surface area contributed by atoms with Crippen LogP contribution < -0.4 is 5.32 Å². The summed E-state index contributed by atoms with van der Waals surface area (Å²) in [5, 5.41) is 19.0. The monoisotopic (exact) mass is 323 g/mol. The van der Waals surface area contributed by atoms with Crippen molar-refractivity contribution in [3.63, 3.8) is 0 Å². The molecule has 1 aromatic carbocycles. The molecule has 0 atom stereocenters. The molecule has 0 aliphatic heterocycles. The van der Waals surface area contributed by atoms with E-state index in [0.717, 1.165) is 21.3 Å². The van der Waals surface area contributed by atoms with E-state index in [4.69, 9.17) is 0 Å². The zero-order valence-corrected chi connectivity index (χ0v) is 12.4. The molecule has 0 unspecified atom stereocenters. The largest absolute Gasteiger partial charge is 0.477 e. The van der Waals surface area contributed by atoms with Gasteiger partial charge in [-0.1, -0.05) is 15.9 Å². The van der Waals surface area contributed by atoms with E-state index in [1.165, 1.54) is 0 Å². The Morgan fingerprint density at radius 2 is 1.89 bits per heavy atom. The molecule has 2 aromatic rings. The highest BCUT2D eigenvalue weighted by molar-refractivity contribution is 9.10. The van der Waals surface area contributed by atoms with E-state index < -0.39 is 5.97 Å². The van der Waals surface area contributed by atoms with Crippen LogP contribution in [0, 0.1) is 20.8 Å². The first kappa shape index (κ1) is 13.6. The molecule has 0 spiro atoms. The van der Waals surface area contributed by atoms with Crippen molar-refractivity contribution >= 4 is 33.4 Å². The summed E-state index contributed by atoms with van der Waals surface area (Å²) in [6.45, 7) is 5.60. The van der Waals surface area contributed by atoms with E-state index in [0.29, 0.717) is 11.5 Å². The average molecular weight is 324 g/mol. The van der Waals surface area contributed by atoms with Crippen LogP contribution in [-0.4, -0.2) is 21.3 Å². The number of aryl methyl sites for hydroxylation is 3. The van der Waals surface area contributed by atoms with Crippen LogP contribution in [0.5, 0.6) is 0 Å². The number of aromatic nitrogens is 2. The van der Waals surface area contributed by atoms with Gasteiger partial charge in [0.15, 0.2) is 5.82 Å². The van der Waals surface area contributed by atoms with Gasteiger partial charge >= 0.3 is 5.97 Å². The standard InChI is InChI=1S/C13H14BrN3O2/c1-6-4-9(14)5-7(2)11(6)15-12-10(13(18)19)8(3)16-17-12/h4-5H,1-3H3,(H,18,19)(H2,15,16,17). The fraction of sp³-hybridized carbons (Fsp3) is 0.231. The number of rotatable bonds is 3. The van der Waals surface area contributed by atoms with Crippen molar-refractivity contribution < 1.29 is 9.90 Å². The number of halogens is 1. The number of hydrogen-bond donors (Lipinski definition) is 3. The quantitative estimate of drug-likeness (QED) is 0.807. The Kier molecular flexibility index (Phi) is 3.61. The smallest absolute Gasteiger partial charge is 0.341 e. The van der Waals surface area contributed by atoms with E-state index in [-0.39, 0.29) is 5.56 Å². The topological polar surface area (TPSA) is 78.0 Å². The summed E-state index contributed by atoms with van der Waals surface area (Å²) in [6.07, 6.45) is 0. The van der Waals surface area contributed by atoms with Gasteiger partial charge in [-0.05, 0) is 44.0 Å². The van der Waals surface area contributed by atoms with Gasteiger partial charge in [0.25, 0.3) is 0 Å². The van der Waals surface area contributed by atoms with Crippen molar-refractivity contribution in [2.24, 2.45) is 0 Å². The van der Waals surface area contributed by atoms with Crippen LogP contribution in [0.15, 0.2) is 16.6 Å². The van der Waals surface area contributed by atoms with Crippen LogP contribution in [-0.2, 0) is 0 Å². The Morgan fingerprint density at radius 1 is 1.32 bits per heavy atom. The molecular formula is C13H14BrN3O2. The number of benzene rings is 1. The molecule has 0 aliphatic carbocycles. The summed E-state index contributed by atoms with van der Waals surface area (Å²) in [5.41, 5.74) is 3.61. The van der Waals surface area contributed by atoms with Gasteiger partial charge < -0.3 is 10.4 Å². The molecule has 0 saturated carbocycles. The third kappa shape index (κ3) is 2.63. The number of carboxylic acid groups (broad SMARTS) is 1. The third-order valence-corrected chi connectivity index (χ3v) is 3.36. The number of H-pyrrole nitrogens is 1. The Bertz CT molecular complexity index is 626. The fourth-order valence-corrected chi connectivity index (χ4v) is 2.69. The van der Waals surface area contributed by atoms with Crippen molar-refractivity contribution in [2.45, 2.75) is 20.8 Å². The number of hydrogen-bond acceptors (Lipinski definition) is 3. The lowest BCUT2D eigenvalue weighted by molar-refractivity contribution is 0.0697. The van der Waals surface area contributed by atoms with Crippen LogP contribution >= 0.6 is 15.9 Å². The number of nitrogens with zero attached hydrogens (tertiary/aromatic N) is 1. The lowest BCUT2D eigenvalue weighted by Gasteiger charge is -2.12. The van der Waals surface area contributed by atoms with Gasteiger partial charge in [0.05, 0.1) is 0 Å². The van der Waals surface area contributed by atoms with E-state index >= 15 is 0 Å². The van der Waals surface area contributed by atoms with E-state index in [9.17, 15) is 9.90 Å². The van der Waals surface area contributed by atoms with Gasteiger partial charge in [0.2, 0.25) is 0 Å². The molecule has 19 heavy (non-hydrogen) atoms. The van der Waals surface area contributed by atoms with Crippen LogP contribution in [0.25, 0.3) is 0 Å². The van der Waals surface area contributed by atoms with Crippen LogP contribution in [0.3, 0.4) is 0 Å². The van der Waals surface area contributed by atoms with Crippen molar-refractivity contribution in [2.75, 3.05) is 5.32 Å². The third-order valence-electron chi connectivity index (χ3n) is 2.90. The molecule has 100 valence electrons. The van der Waals surface area contributed by atoms with Crippen LogP contribution in [0.2, 0.25) is 0 Å². The highest BCUT2D eigenvalue weighted by Crippen LogP contribution is 2.29. The molecule has 0 fully saturated rings. The molecule has 5 nitrogen and oxygen atoms in total. The van der Waals surface area contributed by atoms with Crippen LogP contribution in [0.1, 0.15) is 27.2 Å². The van der Waals surface area contributed by atoms with Gasteiger partial charge in [0.1, 0.15) is 5.56 Å². The van der Waals surface area contributed by atoms with Gasteiger partial charge in [-0.15, -0.1) is 0 Å². The molecule has 1 aromatic heterocycles. The Morgan fingerprint density at radius 3 is 2.42 bits per heavy atom. The molecule has 2 rings (SSSR count). The first-order valence-corrected chi connectivity index (χ1v) is 6.51. The van der Waals surface area contributed by atoms with E-state index in [2.05, 4.69) is 31.4 Å². The number of carboxylic acids is 1. The minimum atomic E-state index is -0.999. The summed E-state index contributed by atoms with van der Waals surface area (Å²) in [5.74, 6) is -0.667. The molecule has 0 bridgehead atoms. The molecule has 0 amide bonds. The lowest BCUT2D eigenvalue weighted by atomic mass is 10.1. The summed E-state index contributed by atoms with van der Waals surface area (Å²) in [4.78, 5) is 11.2. The number of anilines is 2. The maximum atomic E-state index is 11.2. The summed E-state index contributed by atoms with van der Waals surface area (Å²) in [7, 11) is 0. The second-order valence-electron chi connectivity index (χ2n) is 4.42. The molecule has 3 N–H and O–H groups in total. The fourth-order valence-electron chi connectivity index (χ4n) is 2.01. The second kappa shape index (κ2) is 5.05. The van der Waals surface area contributed by atoms with E-state index in [1.807, 2.05) is 26.0 Å². The molecule has 0 radical (unpaired) electrons. The molecular weight excluding hydrogens is 310 g/mol. The summed E-state index contributed by atoms with van der Waals surface area (Å²) in [6, 6.07) is 3.94. The SMILES string of the molecule is Cc1cc(Br)cc(C)c1Nc1n[nH]c(C)c1C(=O)O. The maximum absolute atomic E-state index is 11.2. The van der Waals surface area contributed by atoms with Gasteiger partial charge in [-0.25, -0.2) is 4.79 Å². The predicted molar refractivity (Wildman–Crippen MR) is 77.2 cm³/mol. The average Bonchev–Trinajstić information content (AvgIpc) is 2.64. The minimum Gasteiger partial charge on any atom is -0.477 e. The normalized spacial score (nSPS) is 10.5. The Hall–Kier alpha value is -1.82. The maximum Gasteiger partial charge on any atom is 0.341 e. The zero-order valence-electron chi connectivity index (χ0n) is 10.8. The lowest BCUT2D eigenvalue weighted by Crippen LogP contribution is -2.04. The number of carbonyl (C=O) groups is 1. The predicted octanol–water partition coefficient (Wildman–Crippen LogP) is 3.54. The molecule has 1 heterocycles. The van der Waals surface area contributed by atoms with Crippen molar-refractivity contribution in [3.8, 4) is 0 Å². The molecule has 6 heteroatoms. The summed E-state index contributed by atoms with van der Waals surface area (Å²) < 4.78 is 0.990. The van der Waals surface area contributed by atoms with Gasteiger partial charge in [-0.3, -0.25) is 5.10 Å². The first-order valence-electron chi connectivity index (χ1n) is 5.72. The van der Waals surface area contributed by atoms with Gasteiger partial charge in [-0.2, -0.15) is 5.10 Å². The number of nitrogens with one attached hydrogen (secondary N) is 2. The number of aromatic amines is 1. The number of aromatic carboxylic acids is 1.